The Morgan fingerprint density at radius 2 is 1.95 bits per heavy atom. The van der Waals surface area contributed by atoms with Gasteiger partial charge in [0, 0.05) is 10.5 Å². The van der Waals surface area contributed by atoms with Crippen LogP contribution < -0.4 is 5.32 Å². The van der Waals surface area contributed by atoms with Crippen molar-refractivity contribution in [3.8, 4) is 11.3 Å². The first-order chi connectivity index (χ1) is 9.31. The van der Waals surface area contributed by atoms with Gasteiger partial charge in [0.1, 0.15) is 5.82 Å². The highest BCUT2D eigenvalue weighted by Gasteiger charge is 2.14. The topological polar surface area (TPSA) is 40.7 Å². The van der Waals surface area contributed by atoms with Gasteiger partial charge in [0.05, 0.1) is 18.4 Å². The molecule has 1 heterocycles. The van der Waals surface area contributed by atoms with Crippen LogP contribution in [0, 0.1) is 0 Å². The number of benzene rings is 1. The minimum Gasteiger partial charge on any atom is -0.341 e. The Morgan fingerprint density at radius 3 is 2.68 bits per heavy atom. The maximum atomic E-state index is 4.45. The third-order valence-electron chi connectivity index (χ3n) is 3.70. The van der Waals surface area contributed by atoms with Crippen LogP contribution in [0.1, 0.15) is 31.5 Å². The lowest BCUT2D eigenvalue weighted by molar-refractivity contribution is 0.515. The Morgan fingerprint density at radius 1 is 1.21 bits per heavy atom. The van der Waals surface area contributed by atoms with E-state index in [-0.39, 0.29) is 0 Å². The molecule has 0 spiro atoms. The highest BCUT2D eigenvalue weighted by molar-refractivity contribution is 9.10. The molecule has 100 valence electrons. The second-order valence-electron chi connectivity index (χ2n) is 5.11. The van der Waals surface area contributed by atoms with Crippen molar-refractivity contribution < 1.29 is 0 Å². The summed E-state index contributed by atoms with van der Waals surface area (Å²) in [6.07, 6.45) is 7.25. The van der Waals surface area contributed by atoms with Gasteiger partial charge >= 0.3 is 0 Å². The quantitative estimate of drug-likeness (QED) is 0.898. The van der Waals surface area contributed by atoms with Gasteiger partial charge in [-0.2, -0.15) is 0 Å². The van der Waals surface area contributed by atoms with Crippen molar-refractivity contribution in [1.29, 1.82) is 0 Å². The fourth-order valence-electron chi connectivity index (χ4n) is 2.60. The lowest BCUT2D eigenvalue weighted by atomic mass is 10.2. The second-order valence-corrected chi connectivity index (χ2v) is 6.03. The number of hydrogen-bond donors (Lipinski definition) is 2. The lowest BCUT2D eigenvalue weighted by Crippen LogP contribution is -2.25. The molecule has 0 bridgehead atoms. The lowest BCUT2D eigenvalue weighted by Gasteiger charge is -2.09. The average Bonchev–Trinajstić information content (AvgIpc) is 3.09. The number of rotatable bonds is 4. The summed E-state index contributed by atoms with van der Waals surface area (Å²) in [5.74, 6) is 1.02. The van der Waals surface area contributed by atoms with E-state index in [4.69, 9.17) is 0 Å². The second kappa shape index (κ2) is 5.88. The van der Waals surface area contributed by atoms with Gasteiger partial charge in [-0.25, -0.2) is 4.98 Å². The van der Waals surface area contributed by atoms with Crippen molar-refractivity contribution in [2.45, 2.75) is 38.3 Å². The molecule has 0 aliphatic heterocycles. The molecule has 1 aromatic heterocycles. The van der Waals surface area contributed by atoms with Crippen LogP contribution in [0.4, 0.5) is 0 Å². The Labute approximate surface area is 122 Å². The Kier molecular flexibility index (Phi) is 3.99. The maximum Gasteiger partial charge on any atom is 0.120 e. The SMILES string of the molecule is Brc1ccc(-c2cnc(CNC3CCCC3)[nH]2)cc1. The average molecular weight is 320 g/mol. The first-order valence-corrected chi connectivity index (χ1v) is 7.64. The normalized spacial score (nSPS) is 16.1. The van der Waals surface area contributed by atoms with E-state index in [0.717, 1.165) is 22.5 Å². The third-order valence-corrected chi connectivity index (χ3v) is 4.23. The molecular weight excluding hydrogens is 302 g/mol. The number of halogens is 1. The minimum atomic E-state index is 0.682. The molecule has 1 fully saturated rings. The van der Waals surface area contributed by atoms with E-state index in [1.165, 1.54) is 31.2 Å². The van der Waals surface area contributed by atoms with Gasteiger partial charge in [-0.05, 0) is 30.5 Å². The number of aromatic nitrogens is 2. The summed E-state index contributed by atoms with van der Waals surface area (Å²) in [7, 11) is 0. The van der Waals surface area contributed by atoms with Gasteiger partial charge in [-0.15, -0.1) is 0 Å². The largest absolute Gasteiger partial charge is 0.341 e. The number of nitrogens with one attached hydrogen (secondary N) is 2. The molecular formula is C15H18BrN3. The van der Waals surface area contributed by atoms with Crippen molar-refractivity contribution in [1.82, 2.24) is 15.3 Å². The minimum absolute atomic E-state index is 0.682. The van der Waals surface area contributed by atoms with Crippen LogP contribution in [0.25, 0.3) is 11.3 Å². The summed E-state index contributed by atoms with van der Waals surface area (Å²) >= 11 is 3.45. The summed E-state index contributed by atoms with van der Waals surface area (Å²) in [4.78, 5) is 7.83. The Bertz CT molecular complexity index is 527. The molecule has 1 saturated carbocycles. The van der Waals surface area contributed by atoms with Gasteiger partial charge in [0.25, 0.3) is 0 Å². The predicted octanol–water partition coefficient (Wildman–Crippen LogP) is 3.87. The molecule has 1 aliphatic carbocycles. The molecule has 1 aliphatic rings. The summed E-state index contributed by atoms with van der Waals surface area (Å²) in [5.41, 5.74) is 2.25. The van der Waals surface area contributed by atoms with Gasteiger partial charge < -0.3 is 10.3 Å². The summed E-state index contributed by atoms with van der Waals surface area (Å²) in [6, 6.07) is 8.96. The zero-order valence-electron chi connectivity index (χ0n) is 10.8. The van der Waals surface area contributed by atoms with Crippen molar-refractivity contribution in [3.63, 3.8) is 0 Å². The van der Waals surface area contributed by atoms with Gasteiger partial charge in [-0.1, -0.05) is 40.9 Å². The molecule has 0 unspecified atom stereocenters. The smallest absolute Gasteiger partial charge is 0.120 e. The molecule has 0 radical (unpaired) electrons. The first kappa shape index (κ1) is 12.9. The van der Waals surface area contributed by atoms with Crippen LogP contribution in [0.3, 0.4) is 0 Å². The molecule has 2 N–H and O–H groups in total. The standard InChI is InChI=1S/C15H18BrN3/c16-12-7-5-11(6-8-12)14-9-18-15(19-14)10-17-13-3-1-2-4-13/h5-9,13,17H,1-4,10H2,(H,18,19). The molecule has 0 atom stereocenters. The van der Waals surface area contributed by atoms with E-state index in [2.05, 4.69) is 43.3 Å². The van der Waals surface area contributed by atoms with Crippen LogP contribution in [0.5, 0.6) is 0 Å². The van der Waals surface area contributed by atoms with E-state index in [1.54, 1.807) is 0 Å². The van der Waals surface area contributed by atoms with Crippen LogP contribution in [-0.2, 0) is 6.54 Å². The van der Waals surface area contributed by atoms with Gasteiger partial charge in [0.2, 0.25) is 0 Å². The first-order valence-electron chi connectivity index (χ1n) is 6.84. The maximum absolute atomic E-state index is 4.45. The Hall–Kier alpha value is -1.13. The van der Waals surface area contributed by atoms with E-state index in [1.807, 2.05) is 18.3 Å². The molecule has 0 amide bonds. The summed E-state index contributed by atoms with van der Waals surface area (Å²) < 4.78 is 1.10. The van der Waals surface area contributed by atoms with E-state index < -0.39 is 0 Å². The van der Waals surface area contributed by atoms with Crippen molar-refractivity contribution >= 4 is 15.9 Å². The van der Waals surface area contributed by atoms with E-state index in [9.17, 15) is 0 Å². The number of hydrogen-bond acceptors (Lipinski definition) is 2. The number of aromatic amines is 1. The fraction of sp³-hybridized carbons (Fsp3) is 0.400. The van der Waals surface area contributed by atoms with Crippen molar-refractivity contribution in [3.05, 3.63) is 40.8 Å². The third kappa shape index (κ3) is 3.25. The molecule has 19 heavy (non-hydrogen) atoms. The highest BCUT2D eigenvalue weighted by atomic mass is 79.9. The molecule has 2 aromatic rings. The van der Waals surface area contributed by atoms with E-state index in [0.29, 0.717) is 6.04 Å². The molecule has 1 aromatic carbocycles. The Balaban J connectivity index is 1.63. The van der Waals surface area contributed by atoms with Crippen LogP contribution in [-0.4, -0.2) is 16.0 Å². The summed E-state index contributed by atoms with van der Waals surface area (Å²) in [5, 5.41) is 3.57. The number of nitrogens with zero attached hydrogens (tertiary/aromatic N) is 1. The highest BCUT2D eigenvalue weighted by Crippen LogP contribution is 2.21. The summed E-state index contributed by atoms with van der Waals surface area (Å²) in [6.45, 7) is 0.835. The van der Waals surface area contributed by atoms with Crippen molar-refractivity contribution in [2.24, 2.45) is 0 Å². The fourth-order valence-corrected chi connectivity index (χ4v) is 2.86. The zero-order valence-corrected chi connectivity index (χ0v) is 12.4. The monoisotopic (exact) mass is 319 g/mol. The van der Waals surface area contributed by atoms with Gasteiger partial charge in [0.15, 0.2) is 0 Å². The zero-order chi connectivity index (χ0) is 13.1. The van der Waals surface area contributed by atoms with Crippen LogP contribution in [0.2, 0.25) is 0 Å². The molecule has 3 nitrogen and oxygen atoms in total. The van der Waals surface area contributed by atoms with E-state index >= 15 is 0 Å². The van der Waals surface area contributed by atoms with Crippen LogP contribution >= 0.6 is 15.9 Å². The van der Waals surface area contributed by atoms with Gasteiger partial charge in [-0.3, -0.25) is 0 Å². The van der Waals surface area contributed by atoms with Crippen LogP contribution in [0.15, 0.2) is 34.9 Å². The number of H-pyrrole nitrogens is 1. The molecule has 3 rings (SSSR count). The predicted molar refractivity (Wildman–Crippen MR) is 80.8 cm³/mol. The van der Waals surface area contributed by atoms with Crippen molar-refractivity contribution in [2.75, 3.05) is 0 Å². The number of imidazole rings is 1. The molecule has 4 heteroatoms. The molecule has 0 saturated heterocycles.